The lowest BCUT2D eigenvalue weighted by atomic mass is 10.0. The Morgan fingerprint density at radius 1 is 1.04 bits per heavy atom. The summed E-state index contributed by atoms with van der Waals surface area (Å²) in [6.45, 7) is 7.52. The molecule has 0 radical (unpaired) electrons. The molecule has 0 bridgehead atoms. The maximum atomic E-state index is 12.0. The predicted molar refractivity (Wildman–Crippen MR) is 94.4 cm³/mol. The van der Waals surface area contributed by atoms with Gasteiger partial charge in [0.15, 0.2) is 12.4 Å². The van der Waals surface area contributed by atoms with Crippen LogP contribution in [0.1, 0.15) is 46.9 Å². The van der Waals surface area contributed by atoms with Gasteiger partial charge in [-0.1, -0.05) is 18.2 Å². The average molecular weight is 325 g/mol. The lowest BCUT2D eigenvalue weighted by Gasteiger charge is -2.16. The summed E-state index contributed by atoms with van der Waals surface area (Å²) in [4.78, 5) is 23.3. The van der Waals surface area contributed by atoms with Crippen molar-refractivity contribution in [1.29, 1.82) is 0 Å². The minimum Gasteiger partial charge on any atom is -0.484 e. The molecule has 2 aromatic rings. The molecular formula is C20H23NO3. The molecule has 0 saturated heterocycles. The zero-order valence-electron chi connectivity index (χ0n) is 14.6. The Morgan fingerprint density at radius 3 is 2.29 bits per heavy atom. The Labute approximate surface area is 142 Å². The van der Waals surface area contributed by atoms with Gasteiger partial charge in [-0.05, 0) is 68.7 Å². The molecule has 1 N–H and O–H groups in total. The van der Waals surface area contributed by atoms with Crippen LogP contribution in [0.15, 0.2) is 42.5 Å². The normalized spacial score (nSPS) is 11.7. The highest BCUT2D eigenvalue weighted by Crippen LogP contribution is 2.17. The van der Waals surface area contributed by atoms with Gasteiger partial charge >= 0.3 is 0 Å². The van der Waals surface area contributed by atoms with Gasteiger partial charge in [0.05, 0.1) is 6.04 Å². The monoisotopic (exact) mass is 325 g/mol. The topological polar surface area (TPSA) is 55.4 Å². The number of carbonyl (C=O) groups excluding carboxylic acids is 2. The molecule has 2 aromatic carbocycles. The number of carbonyl (C=O) groups is 2. The van der Waals surface area contributed by atoms with E-state index in [0.29, 0.717) is 11.3 Å². The van der Waals surface area contributed by atoms with Crippen LogP contribution < -0.4 is 10.1 Å². The fourth-order valence-corrected chi connectivity index (χ4v) is 2.34. The minimum absolute atomic E-state index is 0.00140. The van der Waals surface area contributed by atoms with E-state index < -0.39 is 0 Å². The van der Waals surface area contributed by atoms with E-state index in [-0.39, 0.29) is 24.3 Å². The fraction of sp³-hybridized carbons (Fsp3) is 0.300. The SMILES string of the molecule is CC(=O)c1ccc(OCC(=O)N[C@@H](C)c2ccc(C)c(C)c2)cc1. The lowest BCUT2D eigenvalue weighted by Crippen LogP contribution is -2.31. The lowest BCUT2D eigenvalue weighted by molar-refractivity contribution is -0.123. The second-order valence-electron chi connectivity index (χ2n) is 6.00. The van der Waals surface area contributed by atoms with Crippen molar-refractivity contribution in [3.05, 3.63) is 64.7 Å². The van der Waals surface area contributed by atoms with Crippen LogP contribution in [0.4, 0.5) is 0 Å². The van der Waals surface area contributed by atoms with Crippen LogP contribution in [0.25, 0.3) is 0 Å². The summed E-state index contributed by atoms with van der Waals surface area (Å²) in [7, 11) is 0. The first-order chi connectivity index (χ1) is 11.4. The summed E-state index contributed by atoms with van der Waals surface area (Å²) < 4.78 is 5.46. The second-order valence-corrected chi connectivity index (χ2v) is 6.00. The smallest absolute Gasteiger partial charge is 0.258 e. The van der Waals surface area contributed by atoms with Gasteiger partial charge < -0.3 is 10.1 Å². The maximum Gasteiger partial charge on any atom is 0.258 e. The van der Waals surface area contributed by atoms with Gasteiger partial charge in [-0.25, -0.2) is 0 Å². The largest absolute Gasteiger partial charge is 0.484 e. The Bertz CT molecular complexity index is 735. The van der Waals surface area contributed by atoms with E-state index in [1.165, 1.54) is 18.1 Å². The number of hydrogen-bond acceptors (Lipinski definition) is 3. The third-order valence-electron chi connectivity index (χ3n) is 4.04. The standard InChI is InChI=1S/C20H23NO3/c1-13-5-6-18(11-14(13)2)15(3)21-20(23)12-24-19-9-7-17(8-10-19)16(4)22/h5-11,15H,12H2,1-4H3,(H,21,23)/t15-/m0/s1. The number of Topliss-reactive ketones (excluding diaryl/α,β-unsaturated/α-hetero) is 1. The van der Waals surface area contributed by atoms with Crippen molar-refractivity contribution in [1.82, 2.24) is 5.32 Å². The van der Waals surface area contributed by atoms with E-state index in [2.05, 4.69) is 31.3 Å². The van der Waals surface area contributed by atoms with E-state index in [1.54, 1.807) is 24.3 Å². The predicted octanol–water partition coefficient (Wildman–Crippen LogP) is 3.76. The molecule has 0 unspecified atom stereocenters. The van der Waals surface area contributed by atoms with E-state index in [9.17, 15) is 9.59 Å². The van der Waals surface area contributed by atoms with E-state index in [1.807, 2.05) is 13.0 Å². The number of aryl methyl sites for hydroxylation is 2. The summed E-state index contributed by atoms with van der Waals surface area (Å²) in [6.07, 6.45) is 0. The van der Waals surface area contributed by atoms with Crippen LogP contribution in [-0.4, -0.2) is 18.3 Å². The van der Waals surface area contributed by atoms with Gasteiger partial charge in [0, 0.05) is 5.56 Å². The fourth-order valence-electron chi connectivity index (χ4n) is 2.34. The average Bonchev–Trinajstić information content (AvgIpc) is 2.55. The van der Waals surface area contributed by atoms with E-state index in [0.717, 1.165) is 5.56 Å². The second kappa shape index (κ2) is 7.77. The molecule has 0 saturated carbocycles. The van der Waals surface area contributed by atoms with Gasteiger partial charge in [0.2, 0.25) is 0 Å². The number of nitrogens with one attached hydrogen (secondary N) is 1. The number of ether oxygens (including phenoxy) is 1. The summed E-state index contributed by atoms with van der Waals surface area (Å²) in [5.41, 5.74) is 4.12. The summed E-state index contributed by atoms with van der Waals surface area (Å²) in [5, 5.41) is 2.92. The molecule has 0 aliphatic heterocycles. The van der Waals surface area contributed by atoms with Crippen LogP contribution in [-0.2, 0) is 4.79 Å². The van der Waals surface area contributed by atoms with Crippen LogP contribution >= 0.6 is 0 Å². The molecule has 0 fully saturated rings. The van der Waals surface area contributed by atoms with Crippen LogP contribution in [0.5, 0.6) is 5.75 Å². The molecule has 0 aromatic heterocycles. The Hall–Kier alpha value is -2.62. The van der Waals surface area contributed by atoms with Crippen molar-refractivity contribution >= 4 is 11.7 Å². The molecule has 0 spiro atoms. The van der Waals surface area contributed by atoms with Gasteiger partial charge in [-0.2, -0.15) is 0 Å². The van der Waals surface area contributed by atoms with Crippen LogP contribution in [0, 0.1) is 13.8 Å². The quantitative estimate of drug-likeness (QED) is 0.823. The highest BCUT2D eigenvalue weighted by molar-refractivity contribution is 5.94. The highest BCUT2D eigenvalue weighted by Gasteiger charge is 2.11. The van der Waals surface area contributed by atoms with Crippen molar-refractivity contribution in [2.75, 3.05) is 6.61 Å². The molecule has 24 heavy (non-hydrogen) atoms. The van der Waals surface area contributed by atoms with Crippen LogP contribution in [0.2, 0.25) is 0 Å². The van der Waals surface area contributed by atoms with E-state index in [4.69, 9.17) is 4.74 Å². The molecule has 4 nitrogen and oxygen atoms in total. The maximum absolute atomic E-state index is 12.0. The number of benzene rings is 2. The summed E-state index contributed by atoms with van der Waals surface area (Å²) in [5.74, 6) is 0.381. The zero-order chi connectivity index (χ0) is 17.7. The first-order valence-electron chi connectivity index (χ1n) is 7.97. The molecule has 4 heteroatoms. The van der Waals surface area contributed by atoms with Gasteiger partial charge in [-0.3, -0.25) is 9.59 Å². The van der Waals surface area contributed by atoms with Crippen molar-refractivity contribution in [3.63, 3.8) is 0 Å². The molecular weight excluding hydrogens is 302 g/mol. The summed E-state index contributed by atoms with van der Waals surface area (Å²) in [6, 6.07) is 12.8. The van der Waals surface area contributed by atoms with Gasteiger partial charge in [0.25, 0.3) is 5.91 Å². The minimum atomic E-state index is -0.184. The van der Waals surface area contributed by atoms with Crippen molar-refractivity contribution < 1.29 is 14.3 Å². The number of amides is 1. The summed E-state index contributed by atoms with van der Waals surface area (Å²) >= 11 is 0. The first-order valence-corrected chi connectivity index (χ1v) is 7.97. The third-order valence-corrected chi connectivity index (χ3v) is 4.04. The highest BCUT2D eigenvalue weighted by atomic mass is 16.5. The first kappa shape index (κ1) is 17.7. The number of rotatable bonds is 6. The van der Waals surface area contributed by atoms with Crippen molar-refractivity contribution in [3.8, 4) is 5.75 Å². The van der Waals surface area contributed by atoms with Gasteiger partial charge in [-0.15, -0.1) is 0 Å². The zero-order valence-corrected chi connectivity index (χ0v) is 14.6. The third kappa shape index (κ3) is 4.69. The number of hydrogen-bond donors (Lipinski definition) is 1. The Morgan fingerprint density at radius 2 is 1.71 bits per heavy atom. The molecule has 0 aliphatic rings. The van der Waals surface area contributed by atoms with Crippen molar-refractivity contribution in [2.45, 2.75) is 33.7 Å². The molecule has 126 valence electrons. The molecule has 1 amide bonds. The van der Waals surface area contributed by atoms with Crippen LogP contribution in [0.3, 0.4) is 0 Å². The number of ketones is 1. The Kier molecular flexibility index (Phi) is 5.74. The molecule has 0 heterocycles. The molecule has 1 atom stereocenters. The Balaban J connectivity index is 1.88. The van der Waals surface area contributed by atoms with E-state index >= 15 is 0 Å². The van der Waals surface area contributed by atoms with Crippen molar-refractivity contribution in [2.24, 2.45) is 0 Å². The van der Waals surface area contributed by atoms with Gasteiger partial charge in [0.1, 0.15) is 5.75 Å². The molecule has 0 aliphatic carbocycles. The molecule has 2 rings (SSSR count).